The number of carbonyl (C=O) groups is 1. The fourth-order valence-corrected chi connectivity index (χ4v) is 3.07. The molecule has 6 heteroatoms. The first-order valence-electron chi connectivity index (χ1n) is 8.57. The maximum atomic E-state index is 11.7. The van der Waals surface area contributed by atoms with Crippen LogP contribution in [0.25, 0.3) is 0 Å². The van der Waals surface area contributed by atoms with E-state index in [9.17, 15) is 4.79 Å². The molecule has 0 aliphatic carbocycles. The van der Waals surface area contributed by atoms with E-state index in [2.05, 4.69) is 30.5 Å². The maximum Gasteiger partial charge on any atom is 0.314 e. The molecule has 2 N–H and O–H groups in total. The fourth-order valence-electron chi connectivity index (χ4n) is 3.07. The lowest BCUT2D eigenvalue weighted by Gasteiger charge is -2.18. The lowest BCUT2D eigenvalue weighted by Crippen LogP contribution is -2.40. The van der Waals surface area contributed by atoms with Crippen molar-refractivity contribution >= 4 is 6.03 Å². The van der Waals surface area contributed by atoms with Crippen molar-refractivity contribution in [2.24, 2.45) is 5.92 Å². The Morgan fingerprint density at radius 3 is 3.04 bits per heavy atom. The third-order valence-corrected chi connectivity index (χ3v) is 4.28. The summed E-state index contributed by atoms with van der Waals surface area (Å²) in [5.74, 6) is 2.00. The summed E-state index contributed by atoms with van der Waals surface area (Å²) in [5.41, 5.74) is 0.978. The quantitative estimate of drug-likeness (QED) is 0.782. The van der Waals surface area contributed by atoms with E-state index in [1.165, 1.54) is 5.56 Å². The van der Waals surface area contributed by atoms with Crippen LogP contribution in [0.15, 0.2) is 18.2 Å². The first kappa shape index (κ1) is 16.9. The van der Waals surface area contributed by atoms with Gasteiger partial charge in [0.1, 0.15) is 12.2 Å². The van der Waals surface area contributed by atoms with Crippen LogP contribution < -0.4 is 20.1 Å². The highest BCUT2D eigenvalue weighted by Gasteiger charge is 2.32. The predicted molar refractivity (Wildman–Crippen MR) is 90.7 cm³/mol. The summed E-state index contributed by atoms with van der Waals surface area (Å²) in [6, 6.07) is 5.78. The number of hydrogen-bond donors (Lipinski definition) is 2. The first-order valence-corrected chi connectivity index (χ1v) is 8.57. The smallest absolute Gasteiger partial charge is 0.314 e. The number of nitrogens with one attached hydrogen (secondary N) is 2. The normalized spacial score (nSPS) is 21.0. The molecule has 1 atom stereocenters. The summed E-state index contributed by atoms with van der Waals surface area (Å²) in [7, 11) is 0. The first-order chi connectivity index (χ1) is 11.5. The molecule has 3 rings (SSSR count). The molecule has 6 nitrogen and oxygen atoms in total. The molecule has 1 aromatic carbocycles. The molecule has 1 aromatic rings. The molecular formula is C18H26N2O4. The Morgan fingerprint density at radius 1 is 1.38 bits per heavy atom. The van der Waals surface area contributed by atoms with E-state index < -0.39 is 0 Å². The van der Waals surface area contributed by atoms with E-state index in [1.54, 1.807) is 0 Å². The highest BCUT2D eigenvalue weighted by molar-refractivity contribution is 5.73. The van der Waals surface area contributed by atoms with Crippen molar-refractivity contribution in [2.75, 3.05) is 32.9 Å². The average molecular weight is 334 g/mol. The van der Waals surface area contributed by atoms with Crippen molar-refractivity contribution in [3.05, 3.63) is 23.8 Å². The molecule has 2 heterocycles. The molecule has 2 aliphatic heterocycles. The van der Waals surface area contributed by atoms with Crippen molar-refractivity contribution in [2.45, 2.75) is 32.3 Å². The van der Waals surface area contributed by atoms with Gasteiger partial charge in [0.2, 0.25) is 0 Å². The minimum Gasteiger partial charge on any atom is -0.488 e. The van der Waals surface area contributed by atoms with Crippen LogP contribution >= 0.6 is 0 Å². The summed E-state index contributed by atoms with van der Waals surface area (Å²) < 4.78 is 17.0. The van der Waals surface area contributed by atoms with Crippen molar-refractivity contribution < 1.29 is 19.0 Å². The summed E-state index contributed by atoms with van der Waals surface area (Å²) in [4.78, 5) is 11.7. The molecule has 0 spiro atoms. The molecule has 0 saturated carbocycles. The maximum absolute atomic E-state index is 11.7. The Labute approximate surface area is 142 Å². The number of amides is 2. The van der Waals surface area contributed by atoms with Gasteiger partial charge in [-0.3, -0.25) is 0 Å². The zero-order valence-electron chi connectivity index (χ0n) is 14.4. The lowest BCUT2D eigenvalue weighted by atomic mass is 10.0. The fraction of sp³-hybridized carbons (Fsp3) is 0.611. The number of fused-ring (bicyclic) bond motifs is 1. The second kappa shape index (κ2) is 7.30. The molecule has 0 bridgehead atoms. The van der Waals surface area contributed by atoms with Crippen molar-refractivity contribution in [1.82, 2.24) is 10.6 Å². The van der Waals surface area contributed by atoms with Gasteiger partial charge in [0.15, 0.2) is 11.5 Å². The van der Waals surface area contributed by atoms with Crippen LogP contribution in [-0.2, 0) is 11.2 Å². The molecular weight excluding hydrogens is 308 g/mol. The highest BCUT2D eigenvalue weighted by Crippen LogP contribution is 2.41. The molecule has 2 aliphatic rings. The van der Waals surface area contributed by atoms with E-state index in [0.29, 0.717) is 25.6 Å². The number of benzene rings is 1. The third kappa shape index (κ3) is 4.32. The molecule has 1 unspecified atom stereocenters. The van der Waals surface area contributed by atoms with Crippen LogP contribution in [0, 0.1) is 5.92 Å². The second-order valence-electron chi connectivity index (χ2n) is 7.00. The Balaban J connectivity index is 1.38. The van der Waals surface area contributed by atoms with Gasteiger partial charge in [-0.2, -0.15) is 0 Å². The zero-order valence-corrected chi connectivity index (χ0v) is 14.4. The molecule has 132 valence electrons. The second-order valence-corrected chi connectivity index (χ2v) is 7.00. The number of carbonyl (C=O) groups excluding carboxylic acids is 1. The van der Waals surface area contributed by atoms with E-state index in [4.69, 9.17) is 14.2 Å². The van der Waals surface area contributed by atoms with Gasteiger partial charge in [-0.05, 0) is 26.3 Å². The van der Waals surface area contributed by atoms with Crippen LogP contribution in [-0.4, -0.2) is 44.5 Å². The van der Waals surface area contributed by atoms with Crippen LogP contribution in [0.1, 0.15) is 25.8 Å². The van der Waals surface area contributed by atoms with Gasteiger partial charge in [0.25, 0.3) is 0 Å². The Bertz CT molecular complexity index is 582. The van der Waals surface area contributed by atoms with Crippen molar-refractivity contribution in [3.8, 4) is 11.5 Å². The number of para-hydroxylation sites is 1. The Hall–Kier alpha value is -1.95. The van der Waals surface area contributed by atoms with Gasteiger partial charge in [0, 0.05) is 31.1 Å². The highest BCUT2D eigenvalue weighted by atomic mass is 16.5. The van der Waals surface area contributed by atoms with E-state index >= 15 is 0 Å². The molecule has 1 fully saturated rings. The predicted octanol–water partition coefficient (Wildman–Crippen LogP) is 2.11. The van der Waals surface area contributed by atoms with Gasteiger partial charge in [-0.15, -0.1) is 0 Å². The van der Waals surface area contributed by atoms with E-state index in [1.807, 2.05) is 12.1 Å². The standard InChI is InChI=1S/C18H26N2O4/c1-18(2)10-14-4-3-5-15(16(14)24-18)23-9-7-19-17(21)20-11-13-6-8-22-12-13/h3-5,13H,6-12H2,1-2H3,(H2,19,20,21). The summed E-state index contributed by atoms with van der Waals surface area (Å²) in [5, 5.41) is 5.67. The Morgan fingerprint density at radius 2 is 2.25 bits per heavy atom. The summed E-state index contributed by atoms with van der Waals surface area (Å²) in [6.07, 6.45) is 1.89. The largest absolute Gasteiger partial charge is 0.488 e. The van der Waals surface area contributed by atoms with Crippen LogP contribution in [0.3, 0.4) is 0 Å². The number of urea groups is 1. The molecule has 0 radical (unpaired) electrons. The van der Waals surface area contributed by atoms with Gasteiger partial charge in [-0.1, -0.05) is 12.1 Å². The topological polar surface area (TPSA) is 68.8 Å². The molecule has 2 amide bonds. The van der Waals surface area contributed by atoms with Crippen LogP contribution in [0.2, 0.25) is 0 Å². The van der Waals surface area contributed by atoms with Gasteiger partial charge in [-0.25, -0.2) is 4.79 Å². The summed E-state index contributed by atoms with van der Waals surface area (Å²) in [6.45, 7) is 7.17. The van der Waals surface area contributed by atoms with Crippen molar-refractivity contribution in [3.63, 3.8) is 0 Å². The van der Waals surface area contributed by atoms with Crippen LogP contribution in [0.4, 0.5) is 4.79 Å². The SMILES string of the molecule is CC1(C)Cc2cccc(OCCNC(=O)NCC3CCOC3)c2O1. The molecule has 0 aromatic heterocycles. The van der Waals surface area contributed by atoms with Gasteiger partial charge < -0.3 is 24.8 Å². The van der Waals surface area contributed by atoms with E-state index in [-0.39, 0.29) is 11.6 Å². The van der Waals surface area contributed by atoms with Gasteiger partial charge >= 0.3 is 6.03 Å². The minimum absolute atomic E-state index is 0.166. The average Bonchev–Trinajstić information content (AvgIpc) is 3.15. The number of rotatable bonds is 6. The monoisotopic (exact) mass is 334 g/mol. The lowest BCUT2D eigenvalue weighted by molar-refractivity contribution is 0.132. The Kier molecular flexibility index (Phi) is 5.14. The minimum atomic E-state index is -0.191. The van der Waals surface area contributed by atoms with E-state index in [0.717, 1.165) is 37.6 Å². The number of hydrogen-bond acceptors (Lipinski definition) is 4. The van der Waals surface area contributed by atoms with Crippen molar-refractivity contribution in [1.29, 1.82) is 0 Å². The molecule has 1 saturated heterocycles. The van der Waals surface area contributed by atoms with Crippen LogP contribution in [0.5, 0.6) is 11.5 Å². The number of ether oxygens (including phenoxy) is 3. The van der Waals surface area contributed by atoms with Gasteiger partial charge in [0.05, 0.1) is 13.2 Å². The zero-order chi connectivity index (χ0) is 17.0. The third-order valence-electron chi connectivity index (χ3n) is 4.28. The molecule has 24 heavy (non-hydrogen) atoms. The summed E-state index contributed by atoms with van der Waals surface area (Å²) >= 11 is 0.